The lowest BCUT2D eigenvalue weighted by Gasteiger charge is -2.14. The summed E-state index contributed by atoms with van der Waals surface area (Å²) in [6.07, 6.45) is -0.264. The summed E-state index contributed by atoms with van der Waals surface area (Å²) in [6, 6.07) is -0.381. The van der Waals surface area contributed by atoms with E-state index in [0.717, 1.165) is 0 Å². The van der Waals surface area contributed by atoms with E-state index in [1.807, 2.05) is 0 Å². The second kappa shape index (κ2) is 5.44. The molecule has 1 aromatic carbocycles. The molecule has 1 atom stereocenters. The molecule has 1 aromatic rings. The van der Waals surface area contributed by atoms with E-state index in [-0.39, 0.29) is 12.5 Å². The van der Waals surface area contributed by atoms with E-state index in [1.54, 1.807) is 13.8 Å². The first-order valence-electron chi connectivity index (χ1n) is 5.13. The molecule has 17 heavy (non-hydrogen) atoms. The van der Waals surface area contributed by atoms with Crippen LogP contribution in [0.5, 0.6) is 0 Å². The molecule has 0 aromatic heterocycles. The Kier molecular flexibility index (Phi) is 4.45. The quantitative estimate of drug-likeness (QED) is 0.494. The van der Waals surface area contributed by atoms with Crippen LogP contribution < -0.4 is 5.32 Å². The van der Waals surface area contributed by atoms with Gasteiger partial charge in [-0.3, -0.25) is 0 Å². The summed E-state index contributed by atoms with van der Waals surface area (Å²) in [7, 11) is 0. The van der Waals surface area contributed by atoms with Gasteiger partial charge < -0.3 is 5.32 Å². The van der Waals surface area contributed by atoms with Crippen molar-refractivity contribution in [3.05, 3.63) is 34.6 Å². The Balaban J connectivity index is 3.16. The van der Waals surface area contributed by atoms with Crippen LogP contribution in [-0.2, 0) is 6.42 Å². The minimum Gasteiger partial charge on any atom is -0.314 e. The highest BCUT2D eigenvalue weighted by Crippen LogP contribution is 2.23. The number of likely N-dealkylation sites (N-methyl/N-ethyl adjacent to an activating group) is 1. The SMILES string of the molecule is CCN[C@H](C)Cc1c(F)c(F)c(F)c(F)c1F. The number of halogens is 5. The summed E-state index contributed by atoms with van der Waals surface area (Å²) >= 11 is 0. The van der Waals surface area contributed by atoms with Crippen LogP contribution in [0, 0.1) is 29.1 Å². The van der Waals surface area contributed by atoms with Crippen molar-refractivity contribution in [3.8, 4) is 0 Å². The topological polar surface area (TPSA) is 12.0 Å². The van der Waals surface area contributed by atoms with E-state index in [4.69, 9.17) is 0 Å². The van der Waals surface area contributed by atoms with E-state index < -0.39 is 34.6 Å². The maximum atomic E-state index is 13.3. The van der Waals surface area contributed by atoms with Gasteiger partial charge in [0.1, 0.15) is 0 Å². The maximum Gasteiger partial charge on any atom is 0.200 e. The number of nitrogens with one attached hydrogen (secondary N) is 1. The molecule has 0 bridgehead atoms. The van der Waals surface area contributed by atoms with E-state index in [0.29, 0.717) is 6.54 Å². The molecule has 0 radical (unpaired) electrons. The molecule has 0 unspecified atom stereocenters. The smallest absolute Gasteiger partial charge is 0.200 e. The minimum atomic E-state index is -2.13. The highest BCUT2D eigenvalue weighted by Gasteiger charge is 2.26. The average molecular weight is 253 g/mol. The Morgan fingerprint density at radius 2 is 1.29 bits per heavy atom. The summed E-state index contributed by atoms with van der Waals surface area (Å²) in [5.41, 5.74) is -0.783. The monoisotopic (exact) mass is 253 g/mol. The first-order valence-corrected chi connectivity index (χ1v) is 5.13. The summed E-state index contributed by atoms with van der Waals surface area (Å²) in [4.78, 5) is 0. The van der Waals surface area contributed by atoms with Crippen LogP contribution in [0.2, 0.25) is 0 Å². The van der Waals surface area contributed by atoms with Crippen LogP contribution >= 0.6 is 0 Å². The molecule has 96 valence electrons. The van der Waals surface area contributed by atoms with Gasteiger partial charge in [0.15, 0.2) is 23.3 Å². The van der Waals surface area contributed by atoms with Gasteiger partial charge in [-0.05, 0) is 19.9 Å². The fraction of sp³-hybridized carbons (Fsp3) is 0.455. The summed E-state index contributed by atoms with van der Waals surface area (Å²) in [5.74, 6) is -9.44. The largest absolute Gasteiger partial charge is 0.314 e. The molecule has 0 aliphatic rings. The van der Waals surface area contributed by atoms with Crippen LogP contribution in [0.1, 0.15) is 19.4 Å². The van der Waals surface area contributed by atoms with Crippen molar-refractivity contribution in [1.82, 2.24) is 5.32 Å². The van der Waals surface area contributed by atoms with Crippen molar-refractivity contribution in [2.75, 3.05) is 6.54 Å². The Bertz CT molecular complexity index is 390. The van der Waals surface area contributed by atoms with Crippen molar-refractivity contribution in [1.29, 1.82) is 0 Å². The number of hydrogen-bond donors (Lipinski definition) is 1. The molecular formula is C11H12F5N. The maximum absolute atomic E-state index is 13.3. The summed E-state index contributed by atoms with van der Waals surface area (Å²) < 4.78 is 65.0. The third-order valence-electron chi connectivity index (χ3n) is 2.36. The summed E-state index contributed by atoms with van der Waals surface area (Å²) in [6.45, 7) is 3.91. The zero-order valence-electron chi connectivity index (χ0n) is 9.38. The predicted octanol–water partition coefficient (Wildman–Crippen LogP) is 2.92. The van der Waals surface area contributed by atoms with Crippen molar-refractivity contribution in [3.63, 3.8) is 0 Å². The van der Waals surface area contributed by atoms with Crippen LogP contribution in [0.3, 0.4) is 0 Å². The van der Waals surface area contributed by atoms with Gasteiger partial charge in [-0.1, -0.05) is 6.92 Å². The van der Waals surface area contributed by atoms with Crippen molar-refractivity contribution in [2.24, 2.45) is 0 Å². The van der Waals surface area contributed by atoms with E-state index in [9.17, 15) is 22.0 Å². The highest BCUT2D eigenvalue weighted by molar-refractivity contribution is 5.24. The van der Waals surface area contributed by atoms with E-state index in [1.165, 1.54) is 0 Å². The van der Waals surface area contributed by atoms with Gasteiger partial charge in [0.2, 0.25) is 5.82 Å². The molecule has 6 heteroatoms. The van der Waals surface area contributed by atoms with Gasteiger partial charge in [0.25, 0.3) is 0 Å². The molecule has 0 saturated carbocycles. The van der Waals surface area contributed by atoms with Gasteiger partial charge in [-0.25, -0.2) is 22.0 Å². The van der Waals surface area contributed by atoms with Crippen molar-refractivity contribution in [2.45, 2.75) is 26.3 Å². The Hall–Kier alpha value is -1.17. The zero-order valence-corrected chi connectivity index (χ0v) is 9.38. The second-order valence-corrected chi connectivity index (χ2v) is 3.71. The molecule has 0 heterocycles. The molecule has 0 fully saturated rings. The Labute approximate surface area is 95.6 Å². The van der Waals surface area contributed by atoms with Gasteiger partial charge in [-0.2, -0.15) is 0 Å². The van der Waals surface area contributed by atoms with Crippen LogP contribution in [0.15, 0.2) is 0 Å². The van der Waals surface area contributed by atoms with E-state index in [2.05, 4.69) is 5.32 Å². The van der Waals surface area contributed by atoms with Gasteiger partial charge in [-0.15, -0.1) is 0 Å². The second-order valence-electron chi connectivity index (χ2n) is 3.71. The Morgan fingerprint density at radius 3 is 1.71 bits per heavy atom. The molecule has 0 aliphatic heterocycles. The van der Waals surface area contributed by atoms with Gasteiger partial charge >= 0.3 is 0 Å². The fourth-order valence-electron chi connectivity index (χ4n) is 1.56. The third kappa shape index (κ3) is 2.74. The predicted molar refractivity (Wildman–Crippen MR) is 53.1 cm³/mol. The first-order chi connectivity index (χ1) is 7.90. The van der Waals surface area contributed by atoms with Crippen molar-refractivity contribution >= 4 is 0 Å². The molecule has 1 rings (SSSR count). The average Bonchev–Trinajstić information content (AvgIpc) is 2.30. The normalized spacial score (nSPS) is 12.9. The van der Waals surface area contributed by atoms with E-state index >= 15 is 0 Å². The van der Waals surface area contributed by atoms with Crippen molar-refractivity contribution < 1.29 is 22.0 Å². The van der Waals surface area contributed by atoms with Crippen LogP contribution in [0.25, 0.3) is 0 Å². The molecule has 0 saturated heterocycles. The first kappa shape index (κ1) is 13.9. The van der Waals surface area contributed by atoms with Gasteiger partial charge in [0.05, 0.1) is 0 Å². The van der Waals surface area contributed by atoms with Crippen LogP contribution in [-0.4, -0.2) is 12.6 Å². The molecular weight excluding hydrogens is 241 g/mol. The summed E-state index contributed by atoms with van der Waals surface area (Å²) in [5, 5.41) is 2.83. The molecule has 0 aliphatic carbocycles. The lowest BCUT2D eigenvalue weighted by Crippen LogP contribution is -2.29. The number of hydrogen-bond acceptors (Lipinski definition) is 1. The molecule has 1 nitrogen and oxygen atoms in total. The lowest BCUT2D eigenvalue weighted by atomic mass is 10.0. The van der Waals surface area contributed by atoms with Gasteiger partial charge in [0, 0.05) is 11.6 Å². The highest BCUT2D eigenvalue weighted by atomic mass is 19.2. The lowest BCUT2D eigenvalue weighted by molar-refractivity contribution is 0.366. The minimum absolute atomic E-state index is 0.264. The number of benzene rings is 1. The molecule has 0 spiro atoms. The fourth-order valence-corrected chi connectivity index (χ4v) is 1.56. The zero-order chi connectivity index (χ0) is 13.2. The molecule has 1 N–H and O–H groups in total. The third-order valence-corrected chi connectivity index (χ3v) is 2.36. The molecule has 0 amide bonds. The van der Waals surface area contributed by atoms with Crippen LogP contribution in [0.4, 0.5) is 22.0 Å². The Morgan fingerprint density at radius 1 is 0.882 bits per heavy atom. The standard InChI is InChI=1S/C11H12F5N/c1-3-17-5(2)4-6-7(12)9(14)11(16)10(15)8(6)13/h5,17H,3-4H2,1-2H3/t5-/m1/s1. The number of rotatable bonds is 4.